The summed E-state index contributed by atoms with van der Waals surface area (Å²) in [5.41, 5.74) is 7.49. The predicted octanol–water partition coefficient (Wildman–Crippen LogP) is 2.73. The number of benzene rings is 1. The zero-order chi connectivity index (χ0) is 11.4. The summed E-state index contributed by atoms with van der Waals surface area (Å²) in [5, 5.41) is 0. The Morgan fingerprint density at radius 3 is 2.67 bits per heavy atom. The second kappa shape index (κ2) is 5.31. The van der Waals surface area contributed by atoms with E-state index in [1.165, 1.54) is 0 Å². The lowest BCUT2D eigenvalue weighted by Crippen LogP contribution is -2.07. The maximum atomic E-state index is 11.9. The maximum absolute atomic E-state index is 11.9. The molecule has 1 aromatic rings. The van der Waals surface area contributed by atoms with Gasteiger partial charge in [0, 0.05) is 16.3 Å². The van der Waals surface area contributed by atoms with E-state index in [0.29, 0.717) is 5.92 Å². The van der Waals surface area contributed by atoms with E-state index in [4.69, 9.17) is 5.73 Å². The van der Waals surface area contributed by atoms with Gasteiger partial charge in [0.15, 0.2) is 0 Å². The topological polar surface area (TPSA) is 43.1 Å². The molecule has 0 aliphatic carbocycles. The Balaban J connectivity index is 2.78. The molecule has 15 heavy (non-hydrogen) atoms. The van der Waals surface area contributed by atoms with E-state index in [9.17, 15) is 4.21 Å². The lowest BCUT2D eigenvalue weighted by atomic mass is 10.2. The van der Waals surface area contributed by atoms with E-state index in [1.807, 2.05) is 25.1 Å². The van der Waals surface area contributed by atoms with E-state index < -0.39 is 10.8 Å². The van der Waals surface area contributed by atoms with Gasteiger partial charge in [-0.2, -0.15) is 0 Å². The fourth-order valence-electron chi connectivity index (χ4n) is 1.26. The van der Waals surface area contributed by atoms with Crippen molar-refractivity contribution in [1.29, 1.82) is 0 Å². The molecule has 2 atom stereocenters. The maximum Gasteiger partial charge on any atom is 0.0532 e. The molecular weight excluding hydrogens is 206 g/mol. The van der Waals surface area contributed by atoms with E-state index >= 15 is 0 Å². The highest BCUT2D eigenvalue weighted by atomic mass is 32.2. The van der Waals surface area contributed by atoms with Crippen molar-refractivity contribution < 1.29 is 4.21 Å². The van der Waals surface area contributed by atoms with Crippen molar-refractivity contribution >= 4 is 16.5 Å². The summed E-state index contributed by atoms with van der Waals surface area (Å²) in [4.78, 5) is 0.891. The Labute approximate surface area is 94.3 Å². The van der Waals surface area contributed by atoms with Crippen LogP contribution in [0.15, 0.2) is 23.1 Å². The molecule has 1 rings (SSSR count). The quantitative estimate of drug-likeness (QED) is 0.801. The molecule has 0 radical (unpaired) electrons. The minimum absolute atomic E-state index is 0.503. The van der Waals surface area contributed by atoms with Crippen molar-refractivity contribution in [1.82, 2.24) is 0 Å². The van der Waals surface area contributed by atoms with Crippen LogP contribution in [0.25, 0.3) is 0 Å². The molecular formula is C12H19NOS. The number of nitrogen functional groups attached to an aromatic ring is 1. The summed E-state index contributed by atoms with van der Waals surface area (Å²) in [6, 6.07) is 5.62. The number of rotatable bonds is 4. The highest BCUT2D eigenvalue weighted by molar-refractivity contribution is 7.85. The molecule has 3 heteroatoms. The first-order valence-electron chi connectivity index (χ1n) is 5.29. The number of hydrogen-bond acceptors (Lipinski definition) is 2. The molecule has 2 unspecified atom stereocenters. The van der Waals surface area contributed by atoms with Crippen LogP contribution in [-0.2, 0) is 10.8 Å². The van der Waals surface area contributed by atoms with E-state index in [1.54, 1.807) is 0 Å². The van der Waals surface area contributed by atoms with Crippen LogP contribution in [0.2, 0.25) is 0 Å². The summed E-state index contributed by atoms with van der Waals surface area (Å²) in [6.45, 7) is 6.19. The van der Waals surface area contributed by atoms with Crippen LogP contribution in [0.3, 0.4) is 0 Å². The first kappa shape index (κ1) is 12.2. The molecule has 0 bridgehead atoms. The predicted molar refractivity (Wildman–Crippen MR) is 66.3 cm³/mol. The molecule has 0 heterocycles. The van der Waals surface area contributed by atoms with E-state index in [-0.39, 0.29) is 0 Å². The van der Waals surface area contributed by atoms with Gasteiger partial charge in [0.25, 0.3) is 0 Å². The molecule has 1 aromatic carbocycles. The summed E-state index contributed by atoms with van der Waals surface area (Å²) < 4.78 is 11.9. The van der Waals surface area contributed by atoms with Crippen molar-refractivity contribution in [2.24, 2.45) is 5.92 Å². The summed E-state index contributed by atoms with van der Waals surface area (Å²) >= 11 is 0. The molecule has 84 valence electrons. The molecule has 0 saturated heterocycles. The van der Waals surface area contributed by atoms with Crippen molar-refractivity contribution in [2.45, 2.75) is 32.1 Å². The highest BCUT2D eigenvalue weighted by Gasteiger charge is 2.09. The van der Waals surface area contributed by atoms with Crippen molar-refractivity contribution in [3.8, 4) is 0 Å². The smallest absolute Gasteiger partial charge is 0.0532 e. The molecule has 0 aliphatic rings. The third-order valence-electron chi connectivity index (χ3n) is 2.64. The molecule has 0 aliphatic heterocycles. The molecule has 0 spiro atoms. The zero-order valence-electron chi connectivity index (χ0n) is 9.62. The van der Waals surface area contributed by atoms with Gasteiger partial charge in [-0.1, -0.05) is 20.3 Å². The van der Waals surface area contributed by atoms with Gasteiger partial charge in [-0.05, 0) is 36.6 Å². The van der Waals surface area contributed by atoms with Crippen LogP contribution in [0.5, 0.6) is 0 Å². The summed E-state index contributed by atoms with van der Waals surface area (Å²) in [6.07, 6.45) is 1.07. The largest absolute Gasteiger partial charge is 0.399 e. The standard InChI is InChI=1S/C12H19NOS/c1-4-9(2)8-15(14)11-5-6-12(13)10(3)7-11/h5-7,9H,4,8,13H2,1-3H3. The third kappa shape index (κ3) is 3.34. The van der Waals surface area contributed by atoms with Crippen LogP contribution in [0.4, 0.5) is 5.69 Å². The summed E-state index contributed by atoms with van der Waals surface area (Å²) in [7, 11) is -0.887. The van der Waals surface area contributed by atoms with Gasteiger partial charge in [0.2, 0.25) is 0 Å². The SMILES string of the molecule is CCC(C)CS(=O)c1ccc(N)c(C)c1. The number of hydrogen-bond donors (Lipinski definition) is 1. The minimum atomic E-state index is -0.887. The first-order valence-corrected chi connectivity index (χ1v) is 6.61. The monoisotopic (exact) mass is 225 g/mol. The van der Waals surface area contributed by atoms with E-state index in [2.05, 4.69) is 13.8 Å². The minimum Gasteiger partial charge on any atom is -0.399 e. The van der Waals surface area contributed by atoms with Crippen molar-refractivity contribution in [3.05, 3.63) is 23.8 Å². The second-order valence-electron chi connectivity index (χ2n) is 4.04. The van der Waals surface area contributed by atoms with E-state index in [0.717, 1.165) is 28.3 Å². The Morgan fingerprint density at radius 1 is 1.47 bits per heavy atom. The highest BCUT2D eigenvalue weighted by Crippen LogP contribution is 2.17. The molecule has 2 nitrogen and oxygen atoms in total. The molecule has 0 saturated carbocycles. The zero-order valence-corrected chi connectivity index (χ0v) is 10.4. The van der Waals surface area contributed by atoms with Gasteiger partial charge in [-0.3, -0.25) is 4.21 Å². The fourth-order valence-corrected chi connectivity index (χ4v) is 2.74. The third-order valence-corrected chi connectivity index (χ3v) is 4.29. The van der Waals surface area contributed by atoms with Crippen LogP contribution < -0.4 is 5.73 Å². The van der Waals surface area contributed by atoms with Gasteiger partial charge >= 0.3 is 0 Å². The lowest BCUT2D eigenvalue weighted by Gasteiger charge is -2.09. The fraction of sp³-hybridized carbons (Fsp3) is 0.500. The number of aryl methyl sites for hydroxylation is 1. The molecule has 0 fully saturated rings. The summed E-state index contributed by atoms with van der Waals surface area (Å²) in [5.74, 6) is 1.24. The Kier molecular flexibility index (Phi) is 4.33. The lowest BCUT2D eigenvalue weighted by molar-refractivity contribution is 0.615. The van der Waals surface area contributed by atoms with Gasteiger partial charge in [-0.15, -0.1) is 0 Å². The van der Waals surface area contributed by atoms with Gasteiger partial charge in [0.1, 0.15) is 0 Å². The van der Waals surface area contributed by atoms with Gasteiger partial charge in [0.05, 0.1) is 10.8 Å². The normalized spacial score (nSPS) is 14.9. The molecule has 0 aromatic heterocycles. The number of anilines is 1. The van der Waals surface area contributed by atoms with Crippen molar-refractivity contribution in [3.63, 3.8) is 0 Å². The average molecular weight is 225 g/mol. The van der Waals surface area contributed by atoms with Crippen LogP contribution in [0, 0.1) is 12.8 Å². The Morgan fingerprint density at radius 2 is 2.13 bits per heavy atom. The first-order chi connectivity index (χ1) is 7.04. The van der Waals surface area contributed by atoms with Crippen LogP contribution in [0.1, 0.15) is 25.8 Å². The van der Waals surface area contributed by atoms with Crippen LogP contribution >= 0.6 is 0 Å². The average Bonchev–Trinajstić information content (AvgIpc) is 2.21. The Bertz CT molecular complexity index is 363. The number of nitrogens with two attached hydrogens (primary N) is 1. The Hall–Kier alpha value is -0.830. The second-order valence-corrected chi connectivity index (χ2v) is 5.54. The van der Waals surface area contributed by atoms with Crippen LogP contribution in [-0.4, -0.2) is 9.96 Å². The molecule has 0 amide bonds. The van der Waals surface area contributed by atoms with Gasteiger partial charge in [-0.25, -0.2) is 0 Å². The van der Waals surface area contributed by atoms with Gasteiger partial charge < -0.3 is 5.73 Å². The van der Waals surface area contributed by atoms with Crippen molar-refractivity contribution in [2.75, 3.05) is 11.5 Å². The molecule has 2 N–H and O–H groups in total.